The fourth-order valence-electron chi connectivity index (χ4n) is 7.88. The van der Waals surface area contributed by atoms with Gasteiger partial charge in [-0.3, -0.25) is 20.2 Å². The molecule has 66 heavy (non-hydrogen) atoms. The van der Waals surface area contributed by atoms with E-state index in [4.69, 9.17) is 0 Å². The number of rotatable bonds is 12. The number of hydrogen-bond acceptors (Lipinski definition) is 8. The molecule has 0 saturated heterocycles. The lowest BCUT2D eigenvalue weighted by molar-refractivity contribution is -0.384. The van der Waals surface area contributed by atoms with Gasteiger partial charge in [-0.15, -0.1) is 0 Å². The van der Waals surface area contributed by atoms with E-state index in [1.165, 1.54) is 69.8 Å². The zero-order chi connectivity index (χ0) is 47.6. The average molecular weight is 913 g/mol. The van der Waals surface area contributed by atoms with Crippen molar-refractivity contribution < 1.29 is 56.6 Å². The normalized spacial score (nSPS) is 14.7. The van der Waals surface area contributed by atoms with Gasteiger partial charge in [-0.25, -0.2) is 0 Å². The largest absolute Gasteiger partial charge is 0.424 e. The van der Waals surface area contributed by atoms with Crippen LogP contribution < -0.4 is 0 Å². The van der Waals surface area contributed by atoms with Crippen molar-refractivity contribution in [1.29, 1.82) is 0 Å². The Bertz CT molecular complexity index is 2780. The first kappa shape index (κ1) is 46.6. The molecule has 0 radical (unpaired) electrons. The lowest BCUT2D eigenvalue weighted by atomic mass is 9.83. The maximum atomic E-state index is 14.4. The Balaban J connectivity index is 0.000000196. The summed E-state index contributed by atoms with van der Waals surface area (Å²) in [6.45, 7) is 0.210. The zero-order valence-corrected chi connectivity index (χ0v) is 34.2. The van der Waals surface area contributed by atoms with Crippen LogP contribution in [0.3, 0.4) is 0 Å². The second-order valence-electron chi connectivity index (χ2n) is 15.4. The Morgan fingerprint density at radius 3 is 1.08 bits per heavy atom. The van der Waals surface area contributed by atoms with E-state index in [1.54, 1.807) is 72.8 Å². The summed E-state index contributed by atoms with van der Waals surface area (Å²) in [6, 6.07) is 38.6. The van der Waals surface area contributed by atoms with Gasteiger partial charge < -0.3 is 29.6 Å². The summed E-state index contributed by atoms with van der Waals surface area (Å²) in [5.74, 6) is 0. The third-order valence-electron chi connectivity index (χ3n) is 11.3. The highest BCUT2D eigenvalue weighted by Crippen LogP contribution is 2.52. The van der Waals surface area contributed by atoms with E-state index in [2.05, 4.69) is 0 Å². The Morgan fingerprint density at radius 1 is 0.485 bits per heavy atom. The number of halogens is 6. The smallest absolute Gasteiger partial charge is 0.385 e. The molecule has 8 rings (SSSR count). The predicted molar refractivity (Wildman–Crippen MR) is 231 cm³/mol. The minimum Gasteiger partial charge on any atom is -0.385 e. The molecule has 12 nitrogen and oxygen atoms in total. The molecule has 4 unspecified atom stereocenters. The Hall–Kier alpha value is -7.38. The standard InChI is InChI=1S/2C24H19F3N2O4/c2*25-24(26,27)23(31,22(30)17-9-5-2-6-10-17)20-15-28(14-16-7-3-1-4-8-16)21-13-18(29(32)33)11-12-19(20)21/h2*1-13,15,22,30-31H,14H2. The van der Waals surface area contributed by atoms with E-state index in [-0.39, 0.29) is 57.4 Å². The van der Waals surface area contributed by atoms with Gasteiger partial charge in [0.1, 0.15) is 12.2 Å². The van der Waals surface area contributed by atoms with Crippen LogP contribution in [0.15, 0.2) is 170 Å². The molecule has 2 aromatic heterocycles. The van der Waals surface area contributed by atoms with Crippen molar-refractivity contribution in [1.82, 2.24) is 9.13 Å². The first-order valence-corrected chi connectivity index (χ1v) is 19.9. The molecule has 4 N–H and O–H groups in total. The highest BCUT2D eigenvalue weighted by Gasteiger charge is 2.62. The monoisotopic (exact) mass is 912 g/mol. The van der Waals surface area contributed by atoms with Gasteiger partial charge in [0, 0.05) is 71.6 Å². The van der Waals surface area contributed by atoms with Gasteiger partial charge in [-0.1, -0.05) is 121 Å². The fourth-order valence-corrected chi connectivity index (χ4v) is 7.88. The number of aromatic nitrogens is 2. The van der Waals surface area contributed by atoms with Gasteiger partial charge in [0.05, 0.1) is 20.9 Å². The Kier molecular flexibility index (Phi) is 12.9. The molecule has 0 amide bonds. The molecule has 340 valence electrons. The molecule has 0 fully saturated rings. The van der Waals surface area contributed by atoms with Crippen molar-refractivity contribution in [3.63, 3.8) is 0 Å². The molecule has 0 aliphatic rings. The second-order valence-corrected chi connectivity index (χ2v) is 15.4. The number of aliphatic hydroxyl groups excluding tert-OH is 2. The summed E-state index contributed by atoms with van der Waals surface area (Å²) >= 11 is 0. The van der Waals surface area contributed by atoms with Crippen molar-refractivity contribution in [2.75, 3.05) is 0 Å². The van der Waals surface area contributed by atoms with Gasteiger partial charge in [0.2, 0.25) is 11.2 Å². The van der Waals surface area contributed by atoms with Crippen molar-refractivity contribution in [3.8, 4) is 0 Å². The molecular weight excluding hydrogens is 875 g/mol. The van der Waals surface area contributed by atoms with E-state index >= 15 is 0 Å². The van der Waals surface area contributed by atoms with Crippen LogP contribution in [-0.4, -0.2) is 51.8 Å². The number of benzene rings is 6. The molecular formula is C48H38F6N4O8. The average Bonchev–Trinajstić information content (AvgIpc) is 3.86. The highest BCUT2D eigenvalue weighted by molar-refractivity contribution is 5.88. The van der Waals surface area contributed by atoms with Crippen LogP contribution in [0.2, 0.25) is 0 Å². The van der Waals surface area contributed by atoms with E-state index in [0.717, 1.165) is 47.8 Å². The number of alkyl halides is 6. The van der Waals surface area contributed by atoms with Gasteiger partial charge in [-0.05, 0) is 34.4 Å². The van der Waals surface area contributed by atoms with Crippen molar-refractivity contribution in [3.05, 3.63) is 224 Å². The van der Waals surface area contributed by atoms with Crippen LogP contribution in [0, 0.1) is 20.2 Å². The van der Waals surface area contributed by atoms with Crippen LogP contribution >= 0.6 is 0 Å². The SMILES string of the molecule is O=[N+]([O-])c1ccc2c(C(O)(C(O)c3ccccc3)C(F)(F)F)cn(Cc3ccccc3)c2c1.O=[N+]([O-])c1ccc2c(C(O)(C(O)c3ccccc3)C(F)(F)F)cn(Cc3ccccc3)c2c1. The van der Waals surface area contributed by atoms with Crippen molar-refractivity contribution in [2.45, 2.75) is 48.9 Å². The van der Waals surface area contributed by atoms with Crippen LogP contribution in [-0.2, 0) is 24.3 Å². The topological polar surface area (TPSA) is 177 Å². The maximum Gasteiger partial charge on any atom is 0.424 e. The number of non-ortho nitro benzene ring substituents is 2. The van der Waals surface area contributed by atoms with Crippen LogP contribution in [0.1, 0.15) is 45.6 Å². The molecule has 4 atom stereocenters. The van der Waals surface area contributed by atoms with E-state index in [1.807, 2.05) is 0 Å². The lowest BCUT2D eigenvalue weighted by Gasteiger charge is -2.35. The van der Waals surface area contributed by atoms with E-state index in [9.17, 15) is 67.0 Å². The molecule has 6 aromatic carbocycles. The Morgan fingerprint density at radius 2 is 0.788 bits per heavy atom. The predicted octanol–water partition coefficient (Wildman–Crippen LogP) is 10.2. The van der Waals surface area contributed by atoms with Gasteiger partial charge in [-0.2, -0.15) is 26.3 Å². The maximum absolute atomic E-state index is 14.4. The molecule has 8 aromatic rings. The molecule has 0 aliphatic heterocycles. The Labute approximate surface area is 370 Å². The number of nitrogens with zero attached hydrogens (tertiary/aromatic N) is 4. The summed E-state index contributed by atoms with van der Waals surface area (Å²) in [7, 11) is 0. The van der Waals surface area contributed by atoms with Gasteiger partial charge in [0.15, 0.2) is 0 Å². The summed E-state index contributed by atoms with van der Waals surface area (Å²) in [5, 5.41) is 66.1. The quantitative estimate of drug-likeness (QED) is 0.0532. The van der Waals surface area contributed by atoms with Gasteiger partial charge >= 0.3 is 12.4 Å². The minimum atomic E-state index is -5.25. The first-order valence-electron chi connectivity index (χ1n) is 19.9. The van der Waals surface area contributed by atoms with Crippen molar-refractivity contribution >= 4 is 33.2 Å². The van der Waals surface area contributed by atoms with Crippen LogP contribution in [0.4, 0.5) is 37.7 Å². The van der Waals surface area contributed by atoms with Gasteiger partial charge in [0.25, 0.3) is 11.4 Å². The molecule has 18 heteroatoms. The summed E-state index contributed by atoms with van der Waals surface area (Å²) in [6.07, 6.45) is -13.0. The number of fused-ring (bicyclic) bond motifs is 2. The second kappa shape index (κ2) is 18.2. The third kappa shape index (κ3) is 8.86. The number of aliphatic hydroxyl groups is 4. The molecule has 0 spiro atoms. The number of nitro benzene ring substituents is 2. The molecule has 0 bridgehead atoms. The van der Waals surface area contributed by atoms with Crippen LogP contribution in [0.25, 0.3) is 21.8 Å². The first-order chi connectivity index (χ1) is 31.3. The summed E-state index contributed by atoms with van der Waals surface area (Å²) < 4.78 is 89.0. The summed E-state index contributed by atoms with van der Waals surface area (Å²) in [5.41, 5.74) is -7.61. The summed E-state index contributed by atoms with van der Waals surface area (Å²) in [4.78, 5) is 21.3. The number of nitro groups is 2. The molecule has 0 saturated carbocycles. The minimum absolute atomic E-state index is 0.0497. The third-order valence-corrected chi connectivity index (χ3v) is 11.3. The lowest BCUT2D eigenvalue weighted by Crippen LogP contribution is -2.47. The van der Waals surface area contributed by atoms with E-state index < -0.39 is 56.7 Å². The zero-order valence-electron chi connectivity index (χ0n) is 34.2. The van der Waals surface area contributed by atoms with Crippen LogP contribution in [0.5, 0.6) is 0 Å². The molecule has 0 aliphatic carbocycles. The highest BCUT2D eigenvalue weighted by atomic mass is 19.4. The molecule has 2 heterocycles. The fraction of sp³-hybridized carbons (Fsp3) is 0.167. The van der Waals surface area contributed by atoms with E-state index in [0.29, 0.717) is 0 Å². The van der Waals surface area contributed by atoms with Crippen molar-refractivity contribution in [2.24, 2.45) is 0 Å². The number of hydrogen-bond donors (Lipinski definition) is 4.